The summed E-state index contributed by atoms with van der Waals surface area (Å²) in [6, 6.07) is 16.9. The van der Waals surface area contributed by atoms with Crippen molar-refractivity contribution < 1.29 is 31.7 Å². The fraction of sp³-hybridized carbons (Fsp3) is 0.278. The molecule has 3 aromatic carbocycles. The minimum atomic E-state index is -4.55. The van der Waals surface area contributed by atoms with Gasteiger partial charge >= 0.3 is 5.97 Å². The Morgan fingerprint density at radius 3 is 2.20 bits per heavy atom. The van der Waals surface area contributed by atoms with Crippen molar-refractivity contribution in [3.05, 3.63) is 76.1 Å². The summed E-state index contributed by atoms with van der Waals surface area (Å²) in [6.07, 6.45) is 0.435. The Labute approximate surface area is 300 Å². The fourth-order valence-corrected chi connectivity index (χ4v) is 7.23. The van der Waals surface area contributed by atoms with Crippen LogP contribution in [0.2, 0.25) is 10.0 Å². The molecule has 0 amide bonds. The Kier molecular flexibility index (Phi) is 11.2. The predicted octanol–water partition coefficient (Wildman–Crippen LogP) is 7.89. The van der Waals surface area contributed by atoms with Crippen LogP contribution in [0.25, 0.3) is 33.4 Å². The third kappa shape index (κ3) is 7.63. The van der Waals surface area contributed by atoms with E-state index in [-0.39, 0.29) is 22.2 Å². The number of hydrogen-bond donors (Lipinski definition) is 3. The number of fused-ring (bicyclic) bond motifs is 2. The normalized spacial score (nSPS) is 11.6. The van der Waals surface area contributed by atoms with Crippen LogP contribution >= 0.6 is 23.2 Å². The Balaban J connectivity index is 1.50. The molecule has 0 saturated heterocycles. The number of nitrogen functional groups attached to an aromatic ring is 1. The zero-order chi connectivity index (χ0) is 36.3. The number of benzene rings is 4. The first kappa shape index (κ1) is 36.8. The molecule has 0 atom stereocenters. The number of hydrogen-bond acceptors (Lipinski definition) is 10. The zero-order valence-corrected chi connectivity index (χ0v) is 30.4. The lowest BCUT2D eigenvalue weighted by Gasteiger charge is -2.32. The van der Waals surface area contributed by atoms with E-state index in [2.05, 4.69) is 29.7 Å². The number of methoxy groups -OCH3 is 1. The molecular formula is C36H38Cl2N4O7S. The van der Waals surface area contributed by atoms with Gasteiger partial charge in [0, 0.05) is 78.6 Å². The van der Waals surface area contributed by atoms with Crippen molar-refractivity contribution in [1.29, 1.82) is 5.41 Å². The molecule has 2 aliphatic rings. The third-order valence-corrected chi connectivity index (χ3v) is 9.83. The first-order valence-electron chi connectivity index (χ1n) is 16.0. The van der Waals surface area contributed by atoms with Gasteiger partial charge in [-0.3, -0.25) is 9.35 Å². The number of halogens is 2. The number of nitrogens with two attached hydrogens (primary N) is 1. The van der Waals surface area contributed by atoms with E-state index in [0.29, 0.717) is 47.6 Å². The molecule has 50 heavy (non-hydrogen) atoms. The Hall–Kier alpha value is -4.49. The number of carbonyl (C=O) groups excluding carboxylic acids is 1. The van der Waals surface area contributed by atoms with Gasteiger partial charge in [-0.1, -0.05) is 23.2 Å². The molecular weight excluding hydrogens is 703 g/mol. The van der Waals surface area contributed by atoms with E-state index in [4.69, 9.17) is 48.2 Å². The monoisotopic (exact) mass is 740 g/mol. The molecule has 1 aliphatic carbocycles. The van der Waals surface area contributed by atoms with Crippen molar-refractivity contribution in [1.82, 2.24) is 0 Å². The lowest BCUT2D eigenvalue weighted by atomic mass is 9.92. The molecule has 0 bridgehead atoms. The van der Waals surface area contributed by atoms with Gasteiger partial charge < -0.3 is 34.8 Å². The number of nitrogens with zero attached hydrogens (tertiary/aromatic N) is 2. The summed E-state index contributed by atoms with van der Waals surface area (Å²) in [5.41, 5.74) is 11.8. The molecule has 0 fully saturated rings. The molecule has 0 unspecified atom stereocenters. The average molecular weight is 742 g/mol. The molecule has 0 aromatic heterocycles. The van der Waals surface area contributed by atoms with Gasteiger partial charge in [-0.05, 0) is 69.7 Å². The minimum Gasteiger partial charge on any atom is -0.496 e. The molecule has 0 radical (unpaired) electrons. The quantitative estimate of drug-likeness (QED) is 0.0356. The van der Waals surface area contributed by atoms with Crippen LogP contribution in [0.5, 0.6) is 11.5 Å². The second-order valence-corrected chi connectivity index (χ2v) is 13.7. The maximum Gasteiger partial charge on any atom is 0.311 e. The highest BCUT2D eigenvalue weighted by Crippen LogP contribution is 2.47. The lowest BCUT2D eigenvalue weighted by Crippen LogP contribution is -2.29. The molecule has 4 N–H and O–H groups in total. The van der Waals surface area contributed by atoms with E-state index in [1.807, 2.05) is 31.2 Å². The van der Waals surface area contributed by atoms with Crippen LogP contribution < -0.4 is 30.4 Å². The largest absolute Gasteiger partial charge is 0.496 e. The highest BCUT2D eigenvalue weighted by atomic mass is 35.5. The maximum absolute atomic E-state index is 12.9. The second kappa shape index (κ2) is 15.2. The second-order valence-electron chi connectivity index (χ2n) is 11.5. The maximum atomic E-state index is 12.9. The van der Waals surface area contributed by atoms with E-state index < -0.39 is 21.0 Å². The van der Waals surface area contributed by atoms with Gasteiger partial charge in [0.15, 0.2) is 5.75 Å². The van der Waals surface area contributed by atoms with E-state index in [1.54, 1.807) is 25.3 Å². The lowest BCUT2D eigenvalue weighted by molar-refractivity contribution is -0.134. The molecule has 264 valence electrons. The fourth-order valence-electron chi connectivity index (χ4n) is 6.00. The molecule has 0 spiro atoms. The molecule has 1 aliphatic heterocycles. The zero-order valence-electron chi connectivity index (χ0n) is 28.0. The van der Waals surface area contributed by atoms with E-state index in [0.717, 1.165) is 58.7 Å². The number of ether oxygens (including phenoxy) is 2. The Morgan fingerprint density at radius 1 is 0.920 bits per heavy atom. The van der Waals surface area contributed by atoms with Crippen molar-refractivity contribution in [2.45, 2.75) is 38.5 Å². The standard InChI is InChI=1S/C36H38Cl2N4O7S/c1-5-41(6-2)29-19-26(35-24-12-10-21(39)15-32(24)48-33-16-22(40)11-13-25(33)35)31(47-4)20-30(29)42(7-3)14-8-9-34(43)49-36-27(37)17-23(18-28(36)38)50(44,45)46/h10-13,15-20,39H,5-9,14,40H2,1-4H3,(H,44,45,46). The Bertz CT molecular complexity index is 2180. The summed E-state index contributed by atoms with van der Waals surface area (Å²) in [5, 5.41) is 8.94. The van der Waals surface area contributed by atoms with Crippen molar-refractivity contribution in [2.75, 3.05) is 48.8 Å². The van der Waals surface area contributed by atoms with E-state index in [9.17, 15) is 17.8 Å². The van der Waals surface area contributed by atoms with Gasteiger partial charge in [0.05, 0.1) is 38.8 Å². The molecule has 11 nitrogen and oxygen atoms in total. The predicted molar refractivity (Wildman–Crippen MR) is 198 cm³/mol. The van der Waals surface area contributed by atoms with Crippen molar-refractivity contribution in [2.24, 2.45) is 0 Å². The summed E-state index contributed by atoms with van der Waals surface area (Å²) in [6.45, 7) is 8.81. The molecule has 3 aromatic rings. The van der Waals surface area contributed by atoms with Gasteiger partial charge in [0.1, 0.15) is 17.1 Å². The number of esters is 1. The number of nitrogens with one attached hydrogen (secondary N) is 1. The van der Waals surface area contributed by atoms with E-state index >= 15 is 0 Å². The summed E-state index contributed by atoms with van der Waals surface area (Å²) in [4.78, 5) is 16.8. The topological polar surface area (TPSA) is 159 Å². The van der Waals surface area contributed by atoms with Gasteiger partial charge in [-0.25, -0.2) is 0 Å². The van der Waals surface area contributed by atoms with Crippen LogP contribution in [0.1, 0.15) is 33.6 Å². The van der Waals surface area contributed by atoms with Crippen LogP contribution in [-0.4, -0.2) is 52.2 Å². The van der Waals surface area contributed by atoms with Gasteiger partial charge in [-0.15, -0.1) is 0 Å². The first-order valence-corrected chi connectivity index (χ1v) is 18.2. The summed E-state index contributed by atoms with van der Waals surface area (Å²) >= 11 is 12.3. The van der Waals surface area contributed by atoms with Crippen LogP contribution in [0.3, 0.4) is 0 Å². The van der Waals surface area contributed by atoms with E-state index in [1.165, 1.54) is 0 Å². The number of carbonyl (C=O) groups is 1. The summed E-state index contributed by atoms with van der Waals surface area (Å²) in [7, 11) is -2.92. The van der Waals surface area contributed by atoms with Crippen molar-refractivity contribution in [3.8, 4) is 33.9 Å². The molecule has 1 heterocycles. The van der Waals surface area contributed by atoms with Gasteiger partial charge in [0.25, 0.3) is 10.1 Å². The summed E-state index contributed by atoms with van der Waals surface area (Å²) in [5.74, 6) is 0.399. The highest BCUT2D eigenvalue weighted by Gasteiger charge is 2.25. The van der Waals surface area contributed by atoms with Gasteiger partial charge in [0.2, 0.25) is 0 Å². The smallest absolute Gasteiger partial charge is 0.311 e. The first-order chi connectivity index (χ1) is 23.8. The van der Waals surface area contributed by atoms with Crippen molar-refractivity contribution in [3.63, 3.8) is 0 Å². The van der Waals surface area contributed by atoms with Crippen molar-refractivity contribution >= 4 is 67.3 Å². The third-order valence-electron chi connectivity index (χ3n) is 8.43. The number of rotatable bonds is 13. The molecule has 0 saturated carbocycles. The average Bonchev–Trinajstić information content (AvgIpc) is 3.07. The highest BCUT2D eigenvalue weighted by molar-refractivity contribution is 7.85. The van der Waals surface area contributed by atoms with Crippen LogP contribution in [0.15, 0.2) is 70.0 Å². The SMILES string of the molecule is CCN(CC)c1cc(-c2c3ccc(=N)cc-3oc3cc(N)ccc23)c(OC)cc1N(CC)CCCC(=O)Oc1c(Cl)cc(S(=O)(=O)O)cc1Cl. The Morgan fingerprint density at radius 2 is 1.58 bits per heavy atom. The molecule has 5 rings (SSSR count). The van der Waals surface area contributed by atoms with Crippen LogP contribution in [-0.2, 0) is 14.9 Å². The van der Waals surface area contributed by atoms with Gasteiger partial charge in [-0.2, -0.15) is 8.42 Å². The van der Waals surface area contributed by atoms with Crippen LogP contribution in [0, 0.1) is 5.41 Å². The molecule has 14 heteroatoms. The number of anilines is 3. The minimum absolute atomic E-state index is 0.0195. The van der Waals surface area contributed by atoms with Crippen LogP contribution in [0.4, 0.5) is 17.1 Å². The summed E-state index contributed by atoms with van der Waals surface area (Å²) < 4.78 is 50.0.